The highest BCUT2D eigenvalue weighted by atomic mass is 16.4. The molecule has 1 heterocycles. The summed E-state index contributed by atoms with van der Waals surface area (Å²) in [5.74, 6) is -1.02. The van der Waals surface area contributed by atoms with Crippen LogP contribution in [0.2, 0.25) is 0 Å². The highest BCUT2D eigenvalue weighted by Crippen LogP contribution is 2.41. The maximum absolute atomic E-state index is 12.6. The number of carbonyl (C=O) groups excluding carboxylic acids is 1. The van der Waals surface area contributed by atoms with Gasteiger partial charge in [0.1, 0.15) is 11.3 Å². The summed E-state index contributed by atoms with van der Waals surface area (Å²) in [6.07, 6.45) is 1.75. The third kappa shape index (κ3) is 4.62. The van der Waals surface area contributed by atoms with E-state index in [9.17, 15) is 14.7 Å². The number of fused-ring (bicyclic) bond motifs is 2. The molecule has 0 fully saturated rings. The van der Waals surface area contributed by atoms with E-state index in [-0.39, 0.29) is 22.4 Å². The zero-order valence-corrected chi connectivity index (χ0v) is 18.8. The van der Waals surface area contributed by atoms with Crippen molar-refractivity contribution >= 4 is 28.5 Å². The molecule has 34 heavy (non-hydrogen) atoms. The zero-order chi connectivity index (χ0) is 24.2. The largest absolute Gasteiger partial charge is 0.478 e. The van der Waals surface area contributed by atoms with E-state index >= 15 is 0 Å². The SMILES string of the molecule is CNCCCCNC(=O)c1ccc(-c2c3ccc(=N)cc-3oc3cc(N)ccc23)c(C(=O)O)c1. The molecule has 2 aromatic carbocycles. The molecular formula is C26H26N4O4. The van der Waals surface area contributed by atoms with Crippen molar-refractivity contribution < 1.29 is 19.1 Å². The normalized spacial score (nSPS) is 11.1. The Morgan fingerprint density at radius 2 is 1.76 bits per heavy atom. The van der Waals surface area contributed by atoms with Gasteiger partial charge in [0.05, 0.1) is 10.9 Å². The lowest BCUT2D eigenvalue weighted by molar-refractivity contribution is 0.0697. The second-order valence-corrected chi connectivity index (χ2v) is 8.08. The van der Waals surface area contributed by atoms with Crippen molar-refractivity contribution in [2.75, 3.05) is 25.9 Å². The number of rotatable bonds is 8. The smallest absolute Gasteiger partial charge is 0.336 e. The maximum Gasteiger partial charge on any atom is 0.336 e. The fraction of sp³-hybridized carbons (Fsp3) is 0.192. The van der Waals surface area contributed by atoms with E-state index in [0.29, 0.717) is 45.7 Å². The summed E-state index contributed by atoms with van der Waals surface area (Å²) in [5.41, 5.74) is 8.97. The molecule has 0 bridgehead atoms. The van der Waals surface area contributed by atoms with Gasteiger partial charge in [-0.25, -0.2) is 4.79 Å². The Morgan fingerprint density at radius 3 is 2.53 bits per heavy atom. The number of benzene rings is 3. The number of hydrogen-bond acceptors (Lipinski definition) is 6. The van der Waals surface area contributed by atoms with Gasteiger partial charge in [-0.05, 0) is 68.4 Å². The highest BCUT2D eigenvalue weighted by molar-refractivity contribution is 6.09. The maximum atomic E-state index is 12.6. The molecule has 4 rings (SSSR count). The molecule has 1 aliphatic carbocycles. The van der Waals surface area contributed by atoms with Crippen molar-refractivity contribution in [3.8, 4) is 22.5 Å². The van der Waals surface area contributed by atoms with Gasteiger partial charge in [-0.15, -0.1) is 0 Å². The predicted octanol–water partition coefficient (Wildman–Crippen LogP) is 3.69. The van der Waals surface area contributed by atoms with Crippen LogP contribution in [0.15, 0.2) is 59.0 Å². The summed E-state index contributed by atoms with van der Waals surface area (Å²) >= 11 is 0. The topological polar surface area (TPSA) is 141 Å². The van der Waals surface area contributed by atoms with Crippen molar-refractivity contribution in [3.05, 3.63) is 71.1 Å². The fourth-order valence-corrected chi connectivity index (χ4v) is 4.01. The van der Waals surface area contributed by atoms with Crippen LogP contribution >= 0.6 is 0 Å². The third-order valence-electron chi connectivity index (χ3n) is 5.67. The van der Waals surface area contributed by atoms with Gasteiger partial charge in [0, 0.05) is 46.4 Å². The Kier molecular flexibility index (Phi) is 6.60. The van der Waals surface area contributed by atoms with Crippen LogP contribution in [-0.4, -0.2) is 37.1 Å². The predicted molar refractivity (Wildman–Crippen MR) is 131 cm³/mol. The van der Waals surface area contributed by atoms with Gasteiger partial charge < -0.3 is 31.3 Å². The quantitative estimate of drug-likeness (QED) is 0.155. The molecule has 8 nitrogen and oxygen atoms in total. The average Bonchev–Trinajstić information content (AvgIpc) is 2.81. The van der Waals surface area contributed by atoms with Crippen LogP contribution < -0.4 is 21.7 Å². The first-order valence-corrected chi connectivity index (χ1v) is 11.0. The summed E-state index contributed by atoms with van der Waals surface area (Å²) in [7, 11) is 1.88. The van der Waals surface area contributed by atoms with Crippen molar-refractivity contribution in [2.45, 2.75) is 12.8 Å². The zero-order valence-electron chi connectivity index (χ0n) is 18.8. The number of aromatic carboxylic acids is 1. The lowest BCUT2D eigenvalue weighted by Crippen LogP contribution is -2.25. The first-order valence-electron chi connectivity index (χ1n) is 11.0. The number of nitrogens with two attached hydrogens (primary N) is 1. The number of anilines is 1. The third-order valence-corrected chi connectivity index (χ3v) is 5.67. The van der Waals surface area contributed by atoms with Crippen molar-refractivity contribution in [2.24, 2.45) is 0 Å². The summed E-state index contributed by atoms with van der Waals surface area (Å²) in [5, 5.41) is 24.8. The monoisotopic (exact) mass is 458 g/mol. The number of unbranched alkanes of at least 4 members (excludes halogenated alkanes) is 1. The molecule has 2 aliphatic rings. The minimum absolute atomic E-state index is 0.00316. The van der Waals surface area contributed by atoms with Crippen LogP contribution in [0.25, 0.3) is 33.4 Å². The van der Waals surface area contributed by atoms with E-state index in [1.54, 1.807) is 48.5 Å². The number of carbonyl (C=O) groups is 2. The fourth-order valence-electron chi connectivity index (χ4n) is 4.01. The molecule has 0 aromatic heterocycles. The summed E-state index contributed by atoms with van der Waals surface area (Å²) in [6, 6.07) is 14.8. The molecule has 0 saturated carbocycles. The standard InChI is InChI=1S/C26H26N4O4/c1-29-10-2-3-11-30-25(31)15-4-7-18(21(12-15)26(32)33)24-19-8-5-16(27)13-22(19)34-23-14-17(28)6-9-20(23)24/h4-9,12-14,27,29H,2-3,10-11,28H2,1H3,(H,30,31)(H,32,33). The summed E-state index contributed by atoms with van der Waals surface area (Å²) < 4.78 is 5.99. The number of carboxylic acids is 1. The molecule has 0 saturated heterocycles. The molecule has 0 spiro atoms. The van der Waals surface area contributed by atoms with Crippen molar-refractivity contribution in [1.29, 1.82) is 5.41 Å². The van der Waals surface area contributed by atoms with E-state index in [2.05, 4.69) is 10.6 Å². The van der Waals surface area contributed by atoms with Crippen molar-refractivity contribution in [3.63, 3.8) is 0 Å². The van der Waals surface area contributed by atoms with Gasteiger partial charge in [-0.2, -0.15) is 0 Å². The molecule has 174 valence electrons. The number of amides is 1. The van der Waals surface area contributed by atoms with Crippen LogP contribution in [0.4, 0.5) is 5.69 Å². The van der Waals surface area contributed by atoms with Gasteiger partial charge in [-0.3, -0.25) is 4.79 Å². The van der Waals surface area contributed by atoms with Gasteiger partial charge >= 0.3 is 5.97 Å². The summed E-state index contributed by atoms with van der Waals surface area (Å²) in [6.45, 7) is 1.38. The van der Waals surface area contributed by atoms with E-state index in [1.807, 2.05) is 7.05 Å². The Balaban J connectivity index is 1.82. The lowest BCUT2D eigenvalue weighted by atomic mass is 9.89. The molecular weight excluding hydrogens is 432 g/mol. The Bertz CT molecular complexity index is 1410. The number of hydrogen-bond donors (Lipinski definition) is 5. The molecule has 1 amide bonds. The highest BCUT2D eigenvalue weighted by Gasteiger charge is 2.22. The first kappa shape index (κ1) is 23.0. The van der Waals surface area contributed by atoms with E-state index in [1.165, 1.54) is 6.07 Å². The van der Waals surface area contributed by atoms with Crippen LogP contribution in [0.3, 0.4) is 0 Å². The van der Waals surface area contributed by atoms with Crippen LogP contribution in [0.1, 0.15) is 33.6 Å². The van der Waals surface area contributed by atoms with Gasteiger partial charge in [-0.1, -0.05) is 6.07 Å². The minimum Gasteiger partial charge on any atom is -0.478 e. The Morgan fingerprint density at radius 1 is 1.00 bits per heavy atom. The number of nitrogen functional groups attached to an aromatic ring is 1. The number of nitrogens with one attached hydrogen (secondary N) is 3. The van der Waals surface area contributed by atoms with Crippen molar-refractivity contribution in [1.82, 2.24) is 10.6 Å². The van der Waals surface area contributed by atoms with Gasteiger partial charge in [0.2, 0.25) is 0 Å². The van der Waals surface area contributed by atoms with Crippen LogP contribution in [0, 0.1) is 5.41 Å². The molecule has 2 aromatic rings. The lowest BCUT2D eigenvalue weighted by Gasteiger charge is -2.17. The Labute approximate surface area is 196 Å². The Hall–Kier alpha value is -4.17. The molecule has 6 N–H and O–H groups in total. The molecule has 0 unspecified atom stereocenters. The second kappa shape index (κ2) is 9.76. The van der Waals surface area contributed by atoms with Gasteiger partial charge in [0.15, 0.2) is 0 Å². The minimum atomic E-state index is -1.15. The molecule has 1 aliphatic heterocycles. The van der Waals surface area contributed by atoms with Crippen LogP contribution in [0.5, 0.6) is 0 Å². The number of carboxylic acid groups (broad SMARTS) is 1. The van der Waals surface area contributed by atoms with E-state index < -0.39 is 5.97 Å². The van der Waals surface area contributed by atoms with E-state index in [0.717, 1.165) is 19.4 Å². The second-order valence-electron chi connectivity index (χ2n) is 8.08. The van der Waals surface area contributed by atoms with E-state index in [4.69, 9.17) is 15.6 Å². The average molecular weight is 459 g/mol. The van der Waals surface area contributed by atoms with Gasteiger partial charge in [0.25, 0.3) is 5.91 Å². The molecule has 8 heteroatoms. The molecule has 0 radical (unpaired) electrons. The van der Waals surface area contributed by atoms with Crippen LogP contribution in [-0.2, 0) is 0 Å². The molecule has 0 atom stereocenters. The first-order chi connectivity index (χ1) is 16.4. The summed E-state index contributed by atoms with van der Waals surface area (Å²) in [4.78, 5) is 24.9.